The van der Waals surface area contributed by atoms with Gasteiger partial charge in [-0.15, -0.1) is 0 Å². The lowest BCUT2D eigenvalue weighted by Crippen LogP contribution is -2.29. The van der Waals surface area contributed by atoms with Gasteiger partial charge >= 0.3 is 0 Å². The molecule has 0 bridgehead atoms. The molecule has 100 valence electrons. The highest BCUT2D eigenvalue weighted by Gasteiger charge is 2.30. The number of non-ortho nitro benzene ring substituents is 1. The van der Waals surface area contributed by atoms with Crippen LogP contribution in [0.4, 0.5) is 11.4 Å². The topological polar surface area (TPSA) is 107 Å². The van der Waals surface area contributed by atoms with Crippen molar-refractivity contribution in [3.05, 3.63) is 33.9 Å². The van der Waals surface area contributed by atoms with E-state index in [1.54, 1.807) is 0 Å². The van der Waals surface area contributed by atoms with Crippen LogP contribution in [0.3, 0.4) is 0 Å². The van der Waals surface area contributed by atoms with Crippen LogP contribution in [0.1, 0.15) is 23.7 Å². The number of ketones is 1. The van der Waals surface area contributed by atoms with Gasteiger partial charge < -0.3 is 10.6 Å². The van der Waals surface area contributed by atoms with Crippen molar-refractivity contribution in [2.45, 2.75) is 19.4 Å². The number of nitro benzene ring substituents is 1. The molecule has 1 saturated heterocycles. The van der Waals surface area contributed by atoms with E-state index in [2.05, 4.69) is 0 Å². The van der Waals surface area contributed by atoms with Crippen molar-refractivity contribution < 1.29 is 14.5 Å². The summed E-state index contributed by atoms with van der Waals surface area (Å²) in [6.45, 7) is 1.62. The van der Waals surface area contributed by atoms with Crippen LogP contribution >= 0.6 is 0 Å². The lowest BCUT2D eigenvalue weighted by atomic mass is 10.1. The van der Waals surface area contributed by atoms with E-state index in [4.69, 9.17) is 5.73 Å². The number of carbonyl (C=O) groups excluding carboxylic acids is 2. The van der Waals surface area contributed by atoms with E-state index in [0.717, 1.165) is 0 Å². The summed E-state index contributed by atoms with van der Waals surface area (Å²) in [7, 11) is 0. The first-order valence-corrected chi connectivity index (χ1v) is 5.75. The Hall–Kier alpha value is -2.28. The van der Waals surface area contributed by atoms with Crippen LogP contribution in [-0.4, -0.2) is 29.2 Å². The molecule has 1 amide bonds. The predicted octanol–water partition coefficient (Wildman–Crippen LogP) is 0.861. The van der Waals surface area contributed by atoms with Gasteiger partial charge in [-0.2, -0.15) is 0 Å². The van der Waals surface area contributed by atoms with Crippen LogP contribution in [0.25, 0.3) is 0 Å². The fraction of sp³-hybridized carbons (Fsp3) is 0.333. The van der Waals surface area contributed by atoms with Crippen LogP contribution in [0.15, 0.2) is 18.2 Å². The van der Waals surface area contributed by atoms with Gasteiger partial charge in [0.2, 0.25) is 5.91 Å². The Morgan fingerprint density at radius 1 is 1.53 bits per heavy atom. The van der Waals surface area contributed by atoms with E-state index in [0.29, 0.717) is 12.2 Å². The van der Waals surface area contributed by atoms with E-state index in [-0.39, 0.29) is 35.4 Å². The molecule has 7 nitrogen and oxygen atoms in total. The van der Waals surface area contributed by atoms with Crippen LogP contribution in [0.5, 0.6) is 0 Å². The highest BCUT2D eigenvalue weighted by atomic mass is 16.6. The van der Waals surface area contributed by atoms with Crippen molar-refractivity contribution in [1.29, 1.82) is 0 Å². The quantitative estimate of drug-likeness (QED) is 0.494. The molecule has 0 spiro atoms. The van der Waals surface area contributed by atoms with Crippen LogP contribution in [0.2, 0.25) is 0 Å². The minimum Gasteiger partial charge on any atom is -0.326 e. The fourth-order valence-corrected chi connectivity index (χ4v) is 2.12. The lowest BCUT2D eigenvalue weighted by Gasteiger charge is -2.18. The zero-order valence-corrected chi connectivity index (χ0v) is 10.3. The van der Waals surface area contributed by atoms with Crippen LogP contribution in [-0.2, 0) is 4.79 Å². The molecule has 7 heteroatoms. The summed E-state index contributed by atoms with van der Waals surface area (Å²) >= 11 is 0. The van der Waals surface area contributed by atoms with Crippen LogP contribution in [0, 0.1) is 10.1 Å². The maximum atomic E-state index is 11.8. The smallest absolute Gasteiger partial charge is 0.270 e. The van der Waals surface area contributed by atoms with Crippen molar-refractivity contribution in [3.63, 3.8) is 0 Å². The first kappa shape index (κ1) is 13.2. The highest BCUT2D eigenvalue weighted by molar-refractivity contribution is 6.06. The average Bonchev–Trinajstić information content (AvgIpc) is 2.67. The van der Waals surface area contributed by atoms with E-state index in [9.17, 15) is 19.7 Å². The Morgan fingerprint density at radius 2 is 2.21 bits per heavy atom. The molecule has 1 aliphatic rings. The number of benzene rings is 1. The second-order valence-corrected chi connectivity index (χ2v) is 4.48. The molecule has 0 saturated carbocycles. The summed E-state index contributed by atoms with van der Waals surface area (Å²) in [4.78, 5) is 34.9. The largest absolute Gasteiger partial charge is 0.326 e. The standard InChI is InChI=1S/C12H13N3O4/c1-7(16)10-5-9(15(18)19)2-3-11(10)14-6-8(13)4-12(14)17/h2-3,5,8H,4,6,13H2,1H3. The maximum absolute atomic E-state index is 11.8. The fourth-order valence-electron chi connectivity index (χ4n) is 2.12. The molecule has 0 radical (unpaired) electrons. The summed E-state index contributed by atoms with van der Waals surface area (Å²) in [5, 5.41) is 10.7. The summed E-state index contributed by atoms with van der Waals surface area (Å²) < 4.78 is 0. The molecule has 0 aliphatic carbocycles. The third kappa shape index (κ3) is 2.45. The molecule has 1 heterocycles. The van der Waals surface area contributed by atoms with Gasteiger partial charge in [0.1, 0.15) is 0 Å². The van der Waals surface area contributed by atoms with E-state index in [1.807, 2.05) is 0 Å². The third-order valence-corrected chi connectivity index (χ3v) is 3.02. The Morgan fingerprint density at radius 3 is 2.68 bits per heavy atom. The average molecular weight is 263 g/mol. The van der Waals surface area contributed by atoms with Crippen molar-refractivity contribution in [2.24, 2.45) is 5.73 Å². The Balaban J connectivity index is 2.48. The summed E-state index contributed by atoms with van der Waals surface area (Å²) in [5.41, 5.74) is 6.07. The number of hydrogen-bond acceptors (Lipinski definition) is 5. The van der Waals surface area contributed by atoms with Crippen LogP contribution < -0.4 is 10.6 Å². The zero-order valence-electron chi connectivity index (χ0n) is 10.3. The predicted molar refractivity (Wildman–Crippen MR) is 68.0 cm³/mol. The zero-order chi connectivity index (χ0) is 14.2. The number of Topliss-reactive ketones (excluding diaryl/α,β-unsaturated/α-hetero) is 1. The molecule has 1 aliphatic heterocycles. The van der Waals surface area contributed by atoms with E-state index < -0.39 is 4.92 Å². The van der Waals surface area contributed by atoms with Gasteiger partial charge in [-0.05, 0) is 13.0 Å². The second-order valence-electron chi connectivity index (χ2n) is 4.48. The molecule has 1 aromatic carbocycles. The van der Waals surface area contributed by atoms with Gasteiger partial charge in [-0.25, -0.2) is 0 Å². The maximum Gasteiger partial charge on any atom is 0.270 e. The van der Waals surface area contributed by atoms with Crippen molar-refractivity contribution in [3.8, 4) is 0 Å². The number of rotatable bonds is 3. The van der Waals surface area contributed by atoms with Gasteiger partial charge in [0.05, 0.1) is 10.6 Å². The monoisotopic (exact) mass is 263 g/mol. The molecule has 1 unspecified atom stereocenters. The van der Waals surface area contributed by atoms with Crippen molar-refractivity contribution >= 4 is 23.1 Å². The molecule has 0 aromatic heterocycles. The minimum absolute atomic E-state index is 0.164. The normalized spacial score (nSPS) is 18.7. The van der Waals surface area contributed by atoms with E-state index in [1.165, 1.54) is 30.0 Å². The van der Waals surface area contributed by atoms with Crippen molar-refractivity contribution in [2.75, 3.05) is 11.4 Å². The molecule has 2 N–H and O–H groups in total. The molecule has 2 rings (SSSR count). The number of hydrogen-bond donors (Lipinski definition) is 1. The first-order valence-electron chi connectivity index (χ1n) is 5.75. The molecular weight excluding hydrogens is 250 g/mol. The second kappa shape index (κ2) is 4.77. The SMILES string of the molecule is CC(=O)c1cc([N+](=O)[O-])ccc1N1CC(N)CC1=O. The summed E-state index contributed by atoms with van der Waals surface area (Å²) in [6.07, 6.45) is 0.217. The van der Waals surface area contributed by atoms with Gasteiger partial charge in [-0.1, -0.05) is 0 Å². The number of carbonyl (C=O) groups is 2. The Bertz CT molecular complexity index is 570. The lowest BCUT2D eigenvalue weighted by molar-refractivity contribution is -0.384. The van der Waals surface area contributed by atoms with Crippen molar-refractivity contribution in [1.82, 2.24) is 0 Å². The molecule has 19 heavy (non-hydrogen) atoms. The highest BCUT2D eigenvalue weighted by Crippen LogP contribution is 2.29. The summed E-state index contributed by atoms with van der Waals surface area (Å²) in [5.74, 6) is -0.504. The molecule has 1 atom stereocenters. The molecule has 1 fully saturated rings. The van der Waals surface area contributed by atoms with E-state index >= 15 is 0 Å². The van der Waals surface area contributed by atoms with Gasteiger partial charge in [-0.3, -0.25) is 19.7 Å². The summed E-state index contributed by atoms with van der Waals surface area (Å²) in [6, 6.07) is 3.61. The molecule has 1 aromatic rings. The first-order chi connectivity index (χ1) is 8.90. The Labute approximate surface area is 109 Å². The minimum atomic E-state index is -0.576. The number of amides is 1. The molecular formula is C12H13N3O4. The van der Waals surface area contributed by atoms with Gasteiger partial charge in [0.25, 0.3) is 5.69 Å². The third-order valence-electron chi connectivity index (χ3n) is 3.02. The van der Waals surface area contributed by atoms with Gasteiger partial charge in [0, 0.05) is 36.7 Å². The number of anilines is 1. The number of nitrogens with zero attached hydrogens (tertiary/aromatic N) is 2. The number of nitrogens with two attached hydrogens (primary N) is 1. The van der Waals surface area contributed by atoms with Gasteiger partial charge in [0.15, 0.2) is 5.78 Å². The Kier molecular flexibility index (Phi) is 3.30. The number of nitro groups is 1.